The second kappa shape index (κ2) is 4.80. The van der Waals surface area contributed by atoms with Gasteiger partial charge in [-0.3, -0.25) is 0 Å². The van der Waals surface area contributed by atoms with Gasteiger partial charge in [0.25, 0.3) is 0 Å². The van der Waals surface area contributed by atoms with Gasteiger partial charge in [0.05, 0.1) is 5.69 Å². The summed E-state index contributed by atoms with van der Waals surface area (Å²) < 4.78 is 0. The molecule has 0 spiro atoms. The number of aromatic nitrogens is 1. The molecule has 2 atom stereocenters. The molecule has 2 unspecified atom stereocenters. The molecule has 0 amide bonds. The fourth-order valence-electron chi connectivity index (χ4n) is 2.04. The highest BCUT2D eigenvalue weighted by atomic mass is 15.2. The van der Waals surface area contributed by atoms with Crippen LogP contribution in [0.5, 0.6) is 0 Å². The summed E-state index contributed by atoms with van der Waals surface area (Å²) in [5.74, 6) is 7.86. The maximum absolute atomic E-state index is 5.33. The number of hydrogen-bond donors (Lipinski definition) is 2. The zero-order chi connectivity index (χ0) is 11.5. The van der Waals surface area contributed by atoms with Gasteiger partial charge in [-0.25, -0.2) is 10.8 Å². The van der Waals surface area contributed by atoms with E-state index in [1.165, 1.54) is 13.0 Å². The van der Waals surface area contributed by atoms with Gasteiger partial charge in [-0.1, -0.05) is 13.0 Å². The lowest BCUT2D eigenvalue weighted by atomic mass is 10.3. The summed E-state index contributed by atoms with van der Waals surface area (Å²) in [5.41, 5.74) is 3.63. The lowest BCUT2D eigenvalue weighted by molar-refractivity contribution is 0.304. The van der Waals surface area contributed by atoms with Crippen LogP contribution < -0.4 is 11.3 Å². The first-order chi connectivity index (χ1) is 7.69. The first-order valence-electron chi connectivity index (χ1n) is 5.80. The Morgan fingerprint density at radius 3 is 2.94 bits per heavy atom. The van der Waals surface area contributed by atoms with Gasteiger partial charge in [0, 0.05) is 13.1 Å². The largest absolute Gasteiger partial charge is 0.308 e. The number of nitrogens with zero attached hydrogens (tertiary/aromatic N) is 2. The Morgan fingerprint density at radius 2 is 2.31 bits per heavy atom. The van der Waals surface area contributed by atoms with E-state index in [0.717, 1.165) is 29.9 Å². The van der Waals surface area contributed by atoms with Crippen molar-refractivity contribution < 1.29 is 0 Å². The molecule has 1 saturated carbocycles. The van der Waals surface area contributed by atoms with Gasteiger partial charge in [0.1, 0.15) is 5.82 Å². The Labute approximate surface area is 96.8 Å². The van der Waals surface area contributed by atoms with Crippen molar-refractivity contribution in [3.05, 3.63) is 23.9 Å². The average molecular weight is 220 g/mol. The number of rotatable bonds is 5. The van der Waals surface area contributed by atoms with Crippen LogP contribution in [-0.4, -0.2) is 23.5 Å². The van der Waals surface area contributed by atoms with Crippen molar-refractivity contribution >= 4 is 5.82 Å². The molecular weight excluding hydrogens is 200 g/mol. The summed E-state index contributed by atoms with van der Waals surface area (Å²) in [4.78, 5) is 6.73. The van der Waals surface area contributed by atoms with Crippen LogP contribution >= 0.6 is 0 Å². The highest BCUT2D eigenvalue weighted by molar-refractivity contribution is 5.33. The van der Waals surface area contributed by atoms with E-state index in [-0.39, 0.29) is 0 Å². The van der Waals surface area contributed by atoms with Crippen LogP contribution in [-0.2, 0) is 6.54 Å². The molecule has 0 aromatic carbocycles. The van der Waals surface area contributed by atoms with Gasteiger partial charge in [-0.2, -0.15) is 0 Å². The molecule has 16 heavy (non-hydrogen) atoms. The zero-order valence-electron chi connectivity index (χ0n) is 9.98. The fourth-order valence-corrected chi connectivity index (χ4v) is 2.04. The average Bonchev–Trinajstić information content (AvgIpc) is 2.94. The van der Waals surface area contributed by atoms with E-state index in [0.29, 0.717) is 0 Å². The second-order valence-electron chi connectivity index (χ2n) is 4.83. The van der Waals surface area contributed by atoms with Crippen molar-refractivity contribution in [2.75, 3.05) is 19.0 Å². The molecule has 1 aliphatic rings. The summed E-state index contributed by atoms with van der Waals surface area (Å²) >= 11 is 0. The van der Waals surface area contributed by atoms with E-state index in [1.54, 1.807) is 0 Å². The molecular formula is C12H20N4. The number of hydrazine groups is 1. The predicted molar refractivity (Wildman–Crippen MR) is 65.7 cm³/mol. The van der Waals surface area contributed by atoms with Crippen LogP contribution in [0, 0.1) is 11.8 Å². The quantitative estimate of drug-likeness (QED) is 0.582. The van der Waals surface area contributed by atoms with Crippen LogP contribution in [0.4, 0.5) is 5.82 Å². The third-order valence-corrected chi connectivity index (χ3v) is 3.21. The Balaban J connectivity index is 1.87. The first-order valence-corrected chi connectivity index (χ1v) is 5.80. The smallest absolute Gasteiger partial charge is 0.140 e. The standard InChI is InChI=1S/C12H20N4/c1-9-6-10(9)7-16(2)8-11-4-3-5-12(14-11)15-13/h3-5,9-10H,6-8,13H2,1-2H3,(H,14,15). The number of hydrogen-bond acceptors (Lipinski definition) is 4. The summed E-state index contributed by atoms with van der Waals surface area (Å²) in [6.45, 7) is 4.37. The van der Waals surface area contributed by atoms with Crippen LogP contribution in [0.15, 0.2) is 18.2 Å². The normalized spacial score (nSPS) is 23.5. The molecule has 1 aromatic rings. The molecule has 0 aliphatic heterocycles. The van der Waals surface area contributed by atoms with Gasteiger partial charge < -0.3 is 10.3 Å². The molecule has 0 saturated heterocycles. The number of nitrogens with one attached hydrogen (secondary N) is 1. The van der Waals surface area contributed by atoms with E-state index in [1.807, 2.05) is 18.2 Å². The van der Waals surface area contributed by atoms with Crippen LogP contribution in [0.25, 0.3) is 0 Å². The van der Waals surface area contributed by atoms with Gasteiger partial charge in [-0.05, 0) is 37.4 Å². The molecule has 0 bridgehead atoms. The highest BCUT2D eigenvalue weighted by Crippen LogP contribution is 2.38. The van der Waals surface area contributed by atoms with Crippen molar-refractivity contribution in [1.82, 2.24) is 9.88 Å². The maximum Gasteiger partial charge on any atom is 0.140 e. The molecule has 1 aromatic heterocycles. The van der Waals surface area contributed by atoms with Crippen molar-refractivity contribution in [3.8, 4) is 0 Å². The number of pyridine rings is 1. The Morgan fingerprint density at radius 1 is 1.56 bits per heavy atom. The zero-order valence-corrected chi connectivity index (χ0v) is 9.98. The topological polar surface area (TPSA) is 54.2 Å². The summed E-state index contributed by atoms with van der Waals surface area (Å²) in [7, 11) is 2.15. The Bertz CT molecular complexity index is 353. The minimum atomic E-state index is 0.727. The van der Waals surface area contributed by atoms with Gasteiger partial charge in [0.2, 0.25) is 0 Å². The van der Waals surface area contributed by atoms with E-state index < -0.39 is 0 Å². The van der Waals surface area contributed by atoms with Gasteiger partial charge in [-0.15, -0.1) is 0 Å². The predicted octanol–water partition coefficient (Wildman–Crippen LogP) is 1.45. The van der Waals surface area contributed by atoms with Crippen molar-refractivity contribution in [2.24, 2.45) is 17.7 Å². The minimum Gasteiger partial charge on any atom is -0.308 e. The molecule has 4 nitrogen and oxygen atoms in total. The molecule has 3 N–H and O–H groups in total. The lowest BCUT2D eigenvalue weighted by Crippen LogP contribution is -2.22. The van der Waals surface area contributed by atoms with Crippen molar-refractivity contribution in [1.29, 1.82) is 0 Å². The third kappa shape index (κ3) is 2.93. The molecule has 2 rings (SSSR count). The Hall–Kier alpha value is -1.13. The fraction of sp³-hybridized carbons (Fsp3) is 0.583. The molecule has 4 heteroatoms. The van der Waals surface area contributed by atoms with Crippen LogP contribution in [0.2, 0.25) is 0 Å². The number of anilines is 1. The van der Waals surface area contributed by atoms with Crippen LogP contribution in [0.1, 0.15) is 19.0 Å². The first kappa shape index (κ1) is 11.4. The highest BCUT2D eigenvalue weighted by Gasteiger charge is 2.32. The molecule has 88 valence electrons. The third-order valence-electron chi connectivity index (χ3n) is 3.21. The SMILES string of the molecule is CC1CC1CN(C)Cc1cccc(NN)n1. The van der Waals surface area contributed by atoms with E-state index in [9.17, 15) is 0 Å². The lowest BCUT2D eigenvalue weighted by Gasteiger charge is -2.16. The summed E-state index contributed by atoms with van der Waals surface area (Å²) in [6, 6.07) is 5.88. The van der Waals surface area contributed by atoms with Crippen LogP contribution in [0.3, 0.4) is 0 Å². The van der Waals surface area contributed by atoms with Gasteiger partial charge in [0.15, 0.2) is 0 Å². The van der Waals surface area contributed by atoms with E-state index in [2.05, 4.69) is 29.3 Å². The molecule has 1 heterocycles. The number of nitrogen functional groups attached to an aromatic ring is 1. The van der Waals surface area contributed by atoms with Crippen molar-refractivity contribution in [3.63, 3.8) is 0 Å². The molecule has 1 fully saturated rings. The van der Waals surface area contributed by atoms with Crippen molar-refractivity contribution in [2.45, 2.75) is 19.9 Å². The monoisotopic (exact) mass is 220 g/mol. The maximum atomic E-state index is 5.33. The minimum absolute atomic E-state index is 0.727. The summed E-state index contributed by atoms with van der Waals surface area (Å²) in [5, 5.41) is 0. The Kier molecular flexibility index (Phi) is 3.41. The molecule has 0 radical (unpaired) electrons. The number of nitrogens with two attached hydrogens (primary N) is 1. The summed E-state index contributed by atoms with van der Waals surface area (Å²) in [6.07, 6.45) is 1.38. The van der Waals surface area contributed by atoms with E-state index in [4.69, 9.17) is 5.84 Å². The second-order valence-corrected chi connectivity index (χ2v) is 4.83. The molecule has 1 aliphatic carbocycles. The van der Waals surface area contributed by atoms with Gasteiger partial charge >= 0.3 is 0 Å². The van der Waals surface area contributed by atoms with E-state index >= 15 is 0 Å².